The Morgan fingerprint density at radius 2 is 1.85 bits per heavy atom. The molecule has 0 bridgehead atoms. The van der Waals surface area contributed by atoms with E-state index in [1.807, 2.05) is 18.2 Å². The van der Waals surface area contributed by atoms with Gasteiger partial charge in [0.15, 0.2) is 0 Å². The van der Waals surface area contributed by atoms with Crippen LogP contribution in [0.25, 0.3) is 0 Å². The first kappa shape index (κ1) is 20.0. The van der Waals surface area contributed by atoms with Gasteiger partial charge in [0.1, 0.15) is 0 Å². The average molecular weight is 397 g/mol. The lowest BCUT2D eigenvalue weighted by atomic mass is 9.75. The molecule has 3 fully saturated rings. The molecular formula is C21H30Cl2N2O. The predicted octanol–water partition coefficient (Wildman–Crippen LogP) is 4.47. The van der Waals surface area contributed by atoms with Gasteiger partial charge in [-0.1, -0.05) is 36.6 Å². The van der Waals surface area contributed by atoms with Crippen LogP contribution >= 0.6 is 24.0 Å². The molecule has 0 atom stereocenters. The first-order valence-corrected chi connectivity index (χ1v) is 10.2. The minimum absolute atomic E-state index is 0. The maximum absolute atomic E-state index is 13.5. The Labute approximate surface area is 168 Å². The minimum atomic E-state index is -0.191. The molecule has 1 aromatic carbocycles. The SMILES string of the molecule is Cl.O=C(N1CCC2(CCNC2)CC1)C1(Cc2cccc(Cl)c2)CCCC1. The normalized spacial score (nSPS) is 23.8. The van der Waals surface area contributed by atoms with Crippen molar-refractivity contribution < 1.29 is 4.79 Å². The summed E-state index contributed by atoms with van der Waals surface area (Å²) in [6.45, 7) is 4.17. The van der Waals surface area contributed by atoms with Gasteiger partial charge in [-0.3, -0.25) is 4.79 Å². The van der Waals surface area contributed by atoms with Crippen LogP contribution in [-0.2, 0) is 11.2 Å². The van der Waals surface area contributed by atoms with Crippen LogP contribution in [0.5, 0.6) is 0 Å². The van der Waals surface area contributed by atoms with E-state index in [4.69, 9.17) is 11.6 Å². The van der Waals surface area contributed by atoms with Gasteiger partial charge < -0.3 is 10.2 Å². The van der Waals surface area contributed by atoms with Crippen LogP contribution in [0.1, 0.15) is 50.5 Å². The maximum atomic E-state index is 13.5. The number of rotatable bonds is 3. The lowest BCUT2D eigenvalue weighted by Gasteiger charge is -2.42. The molecule has 3 nitrogen and oxygen atoms in total. The quantitative estimate of drug-likeness (QED) is 0.817. The van der Waals surface area contributed by atoms with Crippen molar-refractivity contribution in [1.29, 1.82) is 0 Å². The summed E-state index contributed by atoms with van der Waals surface area (Å²) in [5.41, 5.74) is 1.48. The maximum Gasteiger partial charge on any atom is 0.229 e. The van der Waals surface area contributed by atoms with Gasteiger partial charge in [-0.15, -0.1) is 12.4 Å². The Bertz CT molecular complexity index is 627. The second-order valence-electron chi connectivity index (χ2n) is 8.51. The van der Waals surface area contributed by atoms with Crippen molar-refractivity contribution in [3.05, 3.63) is 34.9 Å². The fourth-order valence-electron chi connectivity index (χ4n) is 5.30. The van der Waals surface area contributed by atoms with E-state index in [0.717, 1.165) is 50.5 Å². The summed E-state index contributed by atoms with van der Waals surface area (Å²) in [6, 6.07) is 8.06. The van der Waals surface area contributed by atoms with E-state index >= 15 is 0 Å². The number of nitrogens with one attached hydrogen (secondary N) is 1. The lowest BCUT2D eigenvalue weighted by Crippen LogP contribution is -2.50. The summed E-state index contributed by atoms with van der Waals surface area (Å²) in [5, 5.41) is 4.28. The van der Waals surface area contributed by atoms with E-state index in [1.165, 1.54) is 37.7 Å². The van der Waals surface area contributed by atoms with Gasteiger partial charge in [0.2, 0.25) is 5.91 Å². The van der Waals surface area contributed by atoms with Gasteiger partial charge in [-0.2, -0.15) is 0 Å². The standard InChI is InChI=1S/C21H29ClN2O.ClH/c22-18-5-3-4-17(14-18)15-21(6-1-2-7-21)19(25)24-12-9-20(10-13-24)8-11-23-16-20;/h3-5,14,23H,1-2,6-13,15-16H2;1H. The minimum Gasteiger partial charge on any atom is -0.342 e. The smallest absolute Gasteiger partial charge is 0.229 e. The molecule has 5 heteroatoms. The number of carbonyl (C=O) groups is 1. The van der Waals surface area contributed by atoms with Gasteiger partial charge in [0.25, 0.3) is 0 Å². The van der Waals surface area contributed by atoms with Gasteiger partial charge in [0, 0.05) is 24.7 Å². The van der Waals surface area contributed by atoms with Gasteiger partial charge in [-0.05, 0) is 68.2 Å². The molecule has 0 unspecified atom stereocenters. The second kappa shape index (κ2) is 8.08. The molecule has 2 aliphatic heterocycles. The molecule has 1 N–H and O–H groups in total. The fraction of sp³-hybridized carbons (Fsp3) is 0.667. The lowest BCUT2D eigenvalue weighted by molar-refractivity contribution is -0.144. The number of halogens is 2. The Hall–Kier alpha value is -0.770. The van der Waals surface area contributed by atoms with Crippen molar-refractivity contribution in [3.63, 3.8) is 0 Å². The highest BCUT2D eigenvalue weighted by molar-refractivity contribution is 6.30. The zero-order chi connectivity index (χ0) is 17.3. The Kier molecular flexibility index (Phi) is 6.21. The molecule has 0 radical (unpaired) electrons. The molecular weight excluding hydrogens is 367 g/mol. The molecule has 2 saturated heterocycles. The summed E-state index contributed by atoms with van der Waals surface area (Å²) in [5.74, 6) is 0.408. The van der Waals surface area contributed by atoms with Crippen molar-refractivity contribution in [2.75, 3.05) is 26.2 Å². The third-order valence-electron chi connectivity index (χ3n) is 6.89. The van der Waals surface area contributed by atoms with E-state index in [1.54, 1.807) is 0 Å². The molecule has 144 valence electrons. The molecule has 26 heavy (non-hydrogen) atoms. The van der Waals surface area contributed by atoms with Crippen molar-refractivity contribution in [3.8, 4) is 0 Å². The average Bonchev–Trinajstić information content (AvgIpc) is 3.26. The third kappa shape index (κ3) is 3.90. The number of hydrogen-bond donors (Lipinski definition) is 1. The number of amides is 1. The molecule has 0 aromatic heterocycles. The van der Waals surface area contributed by atoms with Crippen LogP contribution < -0.4 is 5.32 Å². The van der Waals surface area contributed by atoms with Crippen molar-refractivity contribution >= 4 is 29.9 Å². The molecule has 4 rings (SSSR count). The highest BCUT2D eigenvalue weighted by atomic mass is 35.5. The Morgan fingerprint density at radius 1 is 1.12 bits per heavy atom. The topological polar surface area (TPSA) is 32.3 Å². The molecule has 1 aromatic rings. The number of benzene rings is 1. The fourth-order valence-corrected chi connectivity index (χ4v) is 5.51. The summed E-state index contributed by atoms with van der Waals surface area (Å²) in [4.78, 5) is 15.7. The summed E-state index contributed by atoms with van der Waals surface area (Å²) < 4.78 is 0. The number of likely N-dealkylation sites (tertiary alicyclic amines) is 1. The van der Waals surface area contributed by atoms with E-state index < -0.39 is 0 Å². The molecule has 1 saturated carbocycles. The molecule has 2 heterocycles. The van der Waals surface area contributed by atoms with Crippen LogP contribution in [0.4, 0.5) is 0 Å². The van der Waals surface area contributed by atoms with Crippen LogP contribution in [0.2, 0.25) is 5.02 Å². The zero-order valence-corrected chi connectivity index (χ0v) is 17.0. The van der Waals surface area contributed by atoms with Crippen LogP contribution in [0.3, 0.4) is 0 Å². The number of nitrogens with zero attached hydrogens (tertiary/aromatic N) is 1. The van der Waals surface area contributed by atoms with Crippen LogP contribution in [-0.4, -0.2) is 37.0 Å². The van der Waals surface area contributed by atoms with E-state index in [9.17, 15) is 4.79 Å². The van der Waals surface area contributed by atoms with E-state index in [-0.39, 0.29) is 17.8 Å². The first-order chi connectivity index (χ1) is 12.1. The Morgan fingerprint density at radius 3 is 2.46 bits per heavy atom. The molecule has 3 aliphatic rings. The van der Waals surface area contributed by atoms with Gasteiger partial charge in [0.05, 0.1) is 5.41 Å². The van der Waals surface area contributed by atoms with E-state index in [0.29, 0.717) is 11.3 Å². The van der Waals surface area contributed by atoms with Gasteiger partial charge >= 0.3 is 0 Å². The van der Waals surface area contributed by atoms with Crippen LogP contribution in [0.15, 0.2) is 24.3 Å². The monoisotopic (exact) mass is 396 g/mol. The number of piperidine rings is 1. The highest BCUT2D eigenvalue weighted by Gasteiger charge is 2.46. The third-order valence-corrected chi connectivity index (χ3v) is 7.12. The van der Waals surface area contributed by atoms with E-state index in [2.05, 4.69) is 16.3 Å². The summed E-state index contributed by atoms with van der Waals surface area (Å²) >= 11 is 6.17. The number of carbonyl (C=O) groups excluding carboxylic acids is 1. The Balaban J connectivity index is 0.00000196. The largest absolute Gasteiger partial charge is 0.342 e. The second-order valence-corrected chi connectivity index (χ2v) is 8.95. The molecule has 1 aliphatic carbocycles. The van der Waals surface area contributed by atoms with Crippen molar-refractivity contribution in [2.24, 2.45) is 10.8 Å². The first-order valence-electron chi connectivity index (χ1n) is 9.86. The number of hydrogen-bond acceptors (Lipinski definition) is 2. The molecule has 1 amide bonds. The predicted molar refractivity (Wildman–Crippen MR) is 109 cm³/mol. The van der Waals surface area contributed by atoms with Crippen LogP contribution in [0, 0.1) is 10.8 Å². The summed E-state index contributed by atoms with van der Waals surface area (Å²) in [6.07, 6.45) is 8.86. The summed E-state index contributed by atoms with van der Waals surface area (Å²) in [7, 11) is 0. The molecule has 1 spiro atoms. The van der Waals surface area contributed by atoms with Gasteiger partial charge in [-0.25, -0.2) is 0 Å². The highest BCUT2D eigenvalue weighted by Crippen LogP contribution is 2.45. The van der Waals surface area contributed by atoms with Crippen molar-refractivity contribution in [1.82, 2.24) is 10.2 Å². The van der Waals surface area contributed by atoms with Crippen molar-refractivity contribution in [2.45, 2.75) is 51.4 Å². The zero-order valence-electron chi connectivity index (χ0n) is 15.4.